The van der Waals surface area contributed by atoms with Gasteiger partial charge in [-0.3, -0.25) is 9.80 Å². The van der Waals surface area contributed by atoms with Crippen molar-refractivity contribution in [2.45, 2.75) is 0 Å². The topological polar surface area (TPSA) is 6.48 Å². The number of rotatable bonds is 6. The molecule has 0 unspecified atom stereocenters. The first-order valence-corrected chi connectivity index (χ1v) is 3.53. The Labute approximate surface area is 71.2 Å². The second-order valence-electron chi connectivity index (χ2n) is 2.21. The van der Waals surface area contributed by atoms with Gasteiger partial charge in [0.1, 0.15) is 0 Å². The maximum Gasteiger partial charge on any atom is 0.0506 e. The molecule has 0 amide bonds. The minimum absolute atomic E-state index is 0.424. The molecule has 2 heteroatoms. The normalized spacial score (nSPS) is 11.5. The summed E-state index contributed by atoms with van der Waals surface area (Å²) in [5, 5.41) is 0. The molecule has 11 heavy (non-hydrogen) atoms. The van der Waals surface area contributed by atoms with E-state index in [0.717, 1.165) is 0 Å². The largest absolute Gasteiger partial charge is 0.290 e. The molecule has 0 saturated carbocycles. The predicted octanol–water partition coefficient (Wildman–Crippen LogP) is 0.392. The number of nitrogens with zero attached hydrogens (tertiary/aromatic N) is 2. The van der Waals surface area contributed by atoms with Gasteiger partial charge in [-0.05, 0) is 27.7 Å². The van der Waals surface area contributed by atoms with Crippen LogP contribution in [0, 0.1) is 27.7 Å². The van der Waals surface area contributed by atoms with Gasteiger partial charge in [-0.1, -0.05) is 0 Å². The summed E-state index contributed by atoms with van der Waals surface area (Å²) in [5.74, 6) is 0. The molecule has 0 aromatic heterocycles. The van der Waals surface area contributed by atoms with Crippen LogP contribution in [0.3, 0.4) is 0 Å². The second kappa shape index (κ2) is 6.62. The minimum Gasteiger partial charge on any atom is -0.290 e. The van der Waals surface area contributed by atoms with Gasteiger partial charge in [-0.25, -0.2) is 0 Å². The van der Waals surface area contributed by atoms with Crippen molar-refractivity contribution in [2.24, 2.45) is 0 Å². The third-order valence-corrected chi connectivity index (χ3v) is 1.43. The molecule has 0 heterocycles. The highest BCUT2D eigenvalue weighted by atomic mass is 15.3. The average molecular weight is 150 g/mol. The van der Waals surface area contributed by atoms with E-state index in [2.05, 4.69) is 0 Å². The van der Waals surface area contributed by atoms with Gasteiger partial charge in [0, 0.05) is 26.2 Å². The second-order valence-corrected chi connectivity index (χ2v) is 2.21. The fraction of sp³-hybridized carbons (Fsp3) is 0.556. The van der Waals surface area contributed by atoms with Crippen molar-refractivity contribution in [3.05, 3.63) is 27.7 Å². The van der Waals surface area contributed by atoms with Crippen LogP contribution < -0.4 is 0 Å². The van der Waals surface area contributed by atoms with Gasteiger partial charge in [-0.2, -0.15) is 0 Å². The first-order valence-electron chi connectivity index (χ1n) is 3.53. The van der Waals surface area contributed by atoms with Gasteiger partial charge >= 0.3 is 0 Å². The Kier molecular flexibility index (Phi) is 6.57. The highest BCUT2D eigenvalue weighted by Gasteiger charge is 2.03. The summed E-state index contributed by atoms with van der Waals surface area (Å²) in [7, 11) is 0. The van der Waals surface area contributed by atoms with Gasteiger partial charge in [0.05, 0.1) is 6.67 Å². The first-order chi connectivity index (χ1) is 5.28. The summed E-state index contributed by atoms with van der Waals surface area (Å²) in [6.07, 6.45) is 0. The molecule has 0 aromatic carbocycles. The Balaban J connectivity index is 3.58. The van der Waals surface area contributed by atoms with Gasteiger partial charge in [0.15, 0.2) is 0 Å². The molecule has 0 N–H and O–H groups in total. The van der Waals surface area contributed by atoms with E-state index in [1.54, 1.807) is 0 Å². The van der Waals surface area contributed by atoms with Crippen LogP contribution in [-0.2, 0) is 0 Å². The van der Waals surface area contributed by atoms with E-state index in [4.69, 9.17) is 27.7 Å². The average Bonchev–Trinajstić information content (AvgIpc) is 2.07. The molecular formula is C9H14N2. The molecule has 0 atom stereocenters. The zero-order chi connectivity index (χ0) is 8.69. The summed E-state index contributed by atoms with van der Waals surface area (Å²) in [6, 6.07) is 0. The van der Waals surface area contributed by atoms with Crippen molar-refractivity contribution in [3.63, 3.8) is 0 Å². The Bertz CT molecular complexity index is 65.6. The Morgan fingerprint density at radius 2 is 0.909 bits per heavy atom. The van der Waals surface area contributed by atoms with E-state index < -0.39 is 0 Å². The summed E-state index contributed by atoms with van der Waals surface area (Å²) in [6.45, 7) is 23.8. The molecule has 8 radical (unpaired) electrons. The van der Waals surface area contributed by atoms with Crippen LogP contribution in [0.15, 0.2) is 0 Å². The summed E-state index contributed by atoms with van der Waals surface area (Å²) >= 11 is 0. The minimum atomic E-state index is 0.424. The maximum atomic E-state index is 5.38. The molecule has 0 aliphatic carbocycles. The van der Waals surface area contributed by atoms with Crippen LogP contribution in [0.5, 0.6) is 0 Å². The highest BCUT2D eigenvalue weighted by molar-refractivity contribution is 4.64. The van der Waals surface area contributed by atoms with Gasteiger partial charge < -0.3 is 0 Å². The quantitative estimate of drug-likeness (QED) is 0.505. The zero-order valence-corrected chi connectivity index (χ0v) is 6.74. The van der Waals surface area contributed by atoms with E-state index >= 15 is 0 Å². The first kappa shape index (κ1) is 10.9. The summed E-state index contributed by atoms with van der Waals surface area (Å²) in [4.78, 5) is 3.67. The van der Waals surface area contributed by atoms with E-state index in [9.17, 15) is 0 Å². The van der Waals surface area contributed by atoms with Crippen LogP contribution in [0.2, 0.25) is 0 Å². The Morgan fingerprint density at radius 3 is 1.09 bits per heavy atom. The van der Waals surface area contributed by atoms with Crippen LogP contribution >= 0.6 is 0 Å². The monoisotopic (exact) mass is 150 g/mol. The molecule has 0 fully saturated rings. The van der Waals surface area contributed by atoms with Crippen molar-refractivity contribution in [2.75, 3.05) is 32.8 Å². The number of hydrogen-bond donors (Lipinski definition) is 0. The third kappa shape index (κ3) is 4.38. The van der Waals surface area contributed by atoms with Crippen LogP contribution in [0.25, 0.3) is 0 Å². The van der Waals surface area contributed by atoms with Gasteiger partial charge in [0.2, 0.25) is 0 Å². The SMILES string of the molecule is [CH]CN(C[CH])CN(C[CH])C[CH]. The van der Waals surface area contributed by atoms with E-state index in [1.807, 2.05) is 9.80 Å². The lowest BCUT2D eigenvalue weighted by molar-refractivity contribution is 0.176. The number of hydrogen-bond acceptors (Lipinski definition) is 2. The highest BCUT2D eigenvalue weighted by Crippen LogP contribution is 1.91. The molecule has 2 nitrogen and oxygen atoms in total. The van der Waals surface area contributed by atoms with Gasteiger partial charge in [0.25, 0.3) is 0 Å². The van der Waals surface area contributed by atoms with Crippen LogP contribution in [-0.4, -0.2) is 42.6 Å². The van der Waals surface area contributed by atoms with Crippen molar-refractivity contribution in [3.8, 4) is 0 Å². The molecule has 0 aromatic rings. The molecule has 0 rings (SSSR count). The standard InChI is InChI=1S/C9H14N2/c1-5-10(6-2)9-11(7-3)8-4/h1-4H,5-9H2. The summed E-state index contributed by atoms with van der Waals surface area (Å²) in [5.41, 5.74) is 0. The zero-order valence-electron chi connectivity index (χ0n) is 6.74. The lowest BCUT2D eigenvalue weighted by Gasteiger charge is -2.26. The summed E-state index contributed by atoms with van der Waals surface area (Å²) < 4.78 is 0. The van der Waals surface area contributed by atoms with Crippen molar-refractivity contribution < 1.29 is 0 Å². The van der Waals surface area contributed by atoms with Crippen LogP contribution in [0.4, 0.5) is 0 Å². The maximum absolute atomic E-state index is 5.38. The van der Waals surface area contributed by atoms with Crippen molar-refractivity contribution in [1.29, 1.82) is 0 Å². The molecule has 60 valence electrons. The molecule has 0 aliphatic heterocycles. The molecule has 0 bridgehead atoms. The van der Waals surface area contributed by atoms with E-state index in [-0.39, 0.29) is 0 Å². The Hall–Kier alpha value is -0.0800. The van der Waals surface area contributed by atoms with Crippen molar-refractivity contribution in [1.82, 2.24) is 9.80 Å². The van der Waals surface area contributed by atoms with Crippen molar-refractivity contribution >= 4 is 0 Å². The Morgan fingerprint density at radius 1 is 0.636 bits per heavy atom. The fourth-order valence-corrected chi connectivity index (χ4v) is 0.663. The molecule has 0 aliphatic rings. The predicted molar refractivity (Wildman–Crippen MR) is 45.2 cm³/mol. The lowest BCUT2D eigenvalue weighted by atomic mass is 10.5. The van der Waals surface area contributed by atoms with E-state index in [1.165, 1.54) is 0 Å². The van der Waals surface area contributed by atoms with Gasteiger partial charge in [-0.15, -0.1) is 0 Å². The molecule has 0 spiro atoms. The lowest BCUT2D eigenvalue weighted by Crippen LogP contribution is -2.37. The smallest absolute Gasteiger partial charge is 0.0506 e. The molecular weight excluding hydrogens is 136 g/mol. The van der Waals surface area contributed by atoms with Crippen LogP contribution in [0.1, 0.15) is 0 Å². The van der Waals surface area contributed by atoms with E-state index in [0.29, 0.717) is 32.8 Å². The molecule has 0 saturated heterocycles. The fourth-order valence-electron chi connectivity index (χ4n) is 0.663. The third-order valence-electron chi connectivity index (χ3n) is 1.43.